The Morgan fingerprint density at radius 2 is 2.21 bits per heavy atom. The van der Waals surface area contributed by atoms with E-state index < -0.39 is 17.4 Å². The summed E-state index contributed by atoms with van der Waals surface area (Å²) in [6.07, 6.45) is 0. The number of aromatic nitrogens is 2. The predicted molar refractivity (Wildman–Crippen MR) is 109 cm³/mol. The number of nitrogens with zero attached hydrogens (tertiary/aromatic N) is 4. The van der Waals surface area contributed by atoms with Crippen molar-refractivity contribution in [3.05, 3.63) is 17.1 Å². The number of ether oxygens (including phenoxy) is 1. The highest BCUT2D eigenvalue weighted by atomic mass is 32.2. The van der Waals surface area contributed by atoms with Gasteiger partial charge in [-0.2, -0.15) is 4.37 Å². The van der Waals surface area contributed by atoms with Crippen LogP contribution in [0.5, 0.6) is 0 Å². The molecule has 2 atom stereocenters. The molecule has 1 aromatic heterocycles. The van der Waals surface area contributed by atoms with Gasteiger partial charge < -0.3 is 9.84 Å². The fourth-order valence-corrected chi connectivity index (χ4v) is 6.84. The molecule has 0 radical (unpaired) electrons. The molecule has 1 saturated heterocycles. The smallest absolute Gasteiger partial charge is 0.352 e. The number of carbonyl (C=O) groups excluding carboxylic acids is 2. The van der Waals surface area contributed by atoms with E-state index in [-0.39, 0.29) is 23.5 Å². The summed E-state index contributed by atoms with van der Waals surface area (Å²) < 4.78 is 11.2. The molecule has 1 aromatic rings. The predicted octanol–water partition coefficient (Wildman–Crippen LogP) is 1.66. The summed E-state index contributed by atoms with van der Waals surface area (Å²) in [5.41, 5.74) is 0.677. The van der Waals surface area contributed by atoms with E-state index >= 15 is 0 Å². The van der Waals surface area contributed by atoms with Crippen LogP contribution < -0.4 is 0 Å². The Balaban J connectivity index is 1.79. The SMILES string of the molecule is COCSN(C(C)=O)[C@H]1C(=O)N2C(C(=O)O)=C(CSc3nc(C)ns3)CSC12. The van der Waals surface area contributed by atoms with E-state index in [4.69, 9.17) is 4.74 Å². The van der Waals surface area contributed by atoms with Crippen LogP contribution >= 0.6 is 47.0 Å². The van der Waals surface area contributed by atoms with Gasteiger partial charge in [0.1, 0.15) is 22.8 Å². The molecule has 2 aliphatic heterocycles. The molecular weight excluding hydrogens is 444 g/mol. The Kier molecular flexibility index (Phi) is 6.91. The van der Waals surface area contributed by atoms with Gasteiger partial charge >= 0.3 is 5.97 Å². The van der Waals surface area contributed by atoms with E-state index in [1.807, 2.05) is 0 Å². The van der Waals surface area contributed by atoms with Gasteiger partial charge in [0.25, 0.3) is 5.91 Å². The number of carboxylic acid groups (broad SMARTS) is 1. The fourth-order valence-electron chi connectivity index (χ4n) is 2.82. The molecule has 9 nitrogen and oxygen atoms in total. The molecule has 28 heavy (non-hydrogen) atoms. The highest BCUT2D eigenvalue weighted by Crippen LogP contribution is 2.44. The minimum Gasteiger partial charge on any atom is -0.477 e. The number of carbonyl (C=O) groups is 3. The third-order valence-electron chi connectivity index (χ3n) is 3.97. The van der Waals surface area contributed by atoms with Crippen molar-refractivity contribution in [3.63, 3.8) is 0 Å². The molecular formula is C15H18N4O5S4. The summed E-state index contributed by atoms with van der Waals surface area (Å²) >= 11 is 5.25. The number of β-lactam (4-membered cyclic amide) rings is 1. The number of thioether (sulfide) groups is 2. The molecule has 1 unspecified atom stereocenters. The highest BCUT2D eigenvalue weighted by molar-refractivity contribution is 8.02. The van der Waals surface area contributed by atoms with Gasteiger partial charge in [-0.1, -0.05) is 11.8 Å². The first-order valence-corrected chi connectivity index (χ1v) is 11.8. The van der Waals surface area contributed by atoms with E-state index in [2.05, 4.69) is 9.36 Å². The molecule has 1 N–H and O–H groups in total. The number of aliphatic carboxylic acids is 1. The zero-order valence-electron chi connectivity index (χ0n) is 15.3. The molecule has 0 spiro atoms. The zero-order chi connectivity index (χ0) is 20.4. The minimum absolute atomic E-state index is 0.0129. The lowest BCUT2D eigenvalue weighted by Gasteiger charge is -2.52. The van der Waals surface area contributed by atoms with Crippen molar-refractivity contribution in [2.75, 3.05) is 24.6 Å². The van der Waals surface area contributed by atoms with Gasteiger partial charge in [0.15, 0.2) is 10.4 Å². The van der Waals surface area contributed by atoms with Crippen LogP contribution in [0.25, 0.3) is 0 Å². The number of methoxy groups -OCH3 is 1. The van der Waals surface area contributed by atoms with Crippen LogP contribution in [-0.4, -0.2) is 77.4 Å². The first-order chi connectivity index (χ1) is 13.3. The van der Waals surface area contributed by atoms with Crippen LogP contribution in [0.4, 0.5) is 0 Å². The first kappa shape index (κ1) is 21.4. The van der Waals surface area contributed by atoms with E-state index in [0.29, 0.717) is 22.9 Å². The standard InChI is InChI=1S/C15H18N4O5S4/c1-7-16-15(28-17-7)26-5-9-4-25-13-11(19(8(2)20)27-6-24-3)12(21)18(13)10(9)14(22)23/h11,13H,4-6H2,1-3H3,(H,22,23)/t11-,13?/m0/s1. The van der Waals surface area contributed by atoms with Crippen LogP contribution in [-0.2, 0) is 19.1 Å². The summed E-state index contributed by atoms with van der Waals surface area (Å²) in [4.78, 5) is 42.2. The van der Waals surface area contributed by atoms with Gasteiger partial charge in [0, 0.05) is 25.5 Å². The quantitative estimate of drug-likeness (QED) is 0.265. The summed E-state index contributed by atoms with van der Waals surface area (Å²) in [5, 5.41) is 9.31. The van der Waals surface area contributed by atoms with Crippen molar-refractivity contribution in [3.8, 4) is 0 Å². The highest BCUT2D eigenvalue weighted by Gasteiger charge is 2.56. The third kappa shape index (κ3) is 4.17. The van der Waals surface area contributed by atoms with E-state index in [9.17, 15) is 19.5 Å². The number of hydrogen-bond acceptors (Lipinski definition) is 10. The number of rotatable bonds is 8. The Morgan fingerprint density at radius 1 is 1.46 bits per heavy atom. The van der Waals surface area contributed by atoms with Crippen molar-refractivity contribution in [1.29, 1.82) is 0 Å². The Morgan fingerprint density at radius 3 is 2.79 bits per heavy atom. The second-order valence-corrected chi connectivity index (χ2v) is 9.86. The summed E-state index contributed by atoms with van der Waals surface area (Å²) in [7, 11) is 1.50. The molecule has 152 valence electrons. The number of aryl methyl sites for hydroxylation is 1. The van der Waals surface area contributed by atoms with Crippen molar-refractivity contribution in [2.24, 2.45) is 0 Å². The largest absolute Gasteiger partial charge is 0.477 e. The maximum Gasteiger partial charge on any atom is 0.352 e. The molecule has 3 rings (SSSR count). The van der Waals surface area contributed by atoms with E-state index in [1.54, 1.807) is 6.92 Å². The van der Waals surface area contributed by atoms with E-state index in [1.165, 1.54) is 58.3 Å². The van der Waals surface area contributed by atoms with Gasteiger partial charge in [-0.05, 0) is 36.0 Å². The van der Waals surface area contributed by atoms with Gasteiger partial charge in [-0.25, -0.2) is 9.78 Å². The van der Waals surface area contributed by atoms with Crippen LogP contribution in [0.1, 0.15) is 12.7 Å². The molecule has 3 heterocycles. The summed E-state index contributed by atoms with van der Waals surface area (Å²) in [6.45, 7) is 3.18. The maximum absolute atomic E-state index is 12.8. The first-order valence-electron chi connectivity index (χ1n) is 8.10. The maximum atomic E-state index is 12.8. The van der Waals surface area contributed by atoms with Crippen molar-refractivity contribution in [2.45, 2.75) is 29.6 Å². The van der Waals surface area contributed by atoms with Crippen LogP contribution in [0, 0.1) is 6.92 Å². The van der Waals surface area contributed by atoms with Gasteiger partial charge in [0.05, 0.1) is 0 Å². The average Bonchev–Trinajstić information content (AvgIpc) is 3.07. The van der Waals surface area contributed by atoms with Crippen LogP contribution in [0.3, 0.4) is 0 Å². The second kappa shape index (κ2) is 9.03. The summed E-state index contributed by atoms with van der Waals surface area (Å²) in [6, 6.07) is -0.697. The van der Waals surface area contributed by atoms with Crippen molar-refractivity contribution >= 4 is 64.8 Å². The molecule has 2 amide bonds. The van der Waals surface area contributed by atoms with Crippen molar-refractivity contribution in [1.82, 2.24) is 18.6 Å². The van der Waals surface area contributed by atoms with Crippen molar-refractivity contribution < 1.29 is 24.2 Å². The average molecular weight is 463 g/mol. The van der Waals surface area contributed by atoms with Gasteiger partial charge in [0.2, 0.25) is 5.91 Å². The number of amides is 2. The number of fused-ring (bicyclic) bond motifs is 1. The topological polar surface area (TPSA) is 113 Å². The normalized spacial score (nSPS) is 21.4. The molecule has 0 bridgehead atoms. The fraction of sp³-hybridized carbons (Fsp3) is 0.533. The zero-order valence-corrected chi connectivity index (χ0v) is 18.5. The van der Waals surface area contributed by atoms with Gasteiger partial charge in [-0.15, -0.1) is 11.8 Å². The lowest BCUT2D eigenvalue weighted by molar-refractivity contribution is -0.154. The Labute approximate surface area is 178 Å². The Hall–Kier alpha value is -1.28. The lowest BCUT2D eigenvalue weighted by atomic mass is 10.0. The molecule has 0 aliphatic carbocycles. The van der Waals surface area contributed by atoms with Gasteiger partial charge in [-0.3, -0.25) is 18.8 Å². The third-order valence-corrected chi connectivity index (χ3v) is 8.41. The Bertz CT molecular complexity index is 829. The number of carboxylic acids is 1. The molecule has 2 aliphatic rings. The molecule has 13 heteroatoms. The number of hydrogen-bond donors (Lipinski definition) is 1. The second-order valence-electron chi connectivity index (χ2n) is 5.89. The monoisotopic (exact) mass is 462 g/mol. The summed E-state index contributed by atoms with van der Waals surface area (Å²) in [5.74, 6) is -0.00281. The molecule has 0 saturated carbocycles. The lowest BCUT2D eigenvalue weighted by Crippen LogP contribution is -2.70. The van der Waals surface area contributed by atoms with Crippen LogP contribution in [0.2, 0.25) is 0 Å². The van der Waals surface area contributed by atoms with E-state index in [0.717, 1.165) is 16.3 Å². The molecule has 0 aromatic carbocycles. The molecule has 1 fully saturated rings. The van der Waals surface area contributed by atoms with Crippen LogP contribution in [0.15, 0.2) is 15.6 Å². The minimum atomic E-state index is -1.14.